The van der Waals surface area contributed by atoms with Crippen LogP contribution in [-0.2, 0) is 16.3 Å². The Morgan fingerprint density at radius 1 is 1.08 bits per heavy atom. The van der Waals surface area contributed by atoms with Crippen molar-refractivity contribution >= 4 is 32.6 Å². The number of hydrogen-bond donors (Lipinski definition) is 1. The highest BCUT2D eigenvalue weighted by Crippen LogP contribution is 2.46. The highest BCUT2D eigenvalue weighted by Gasteiger charge is 2.53. The molecular formula is C26H27N5O4S. The molecule has 0 unspecified atom stereocenters. The van der Waals surface area contributed by atoms with Gasteiger partial charge in [-0.1, -0.05) is 0 Å². The zero-order chi connectivity index (χ0) is 24.9. The van der Waals surface area contributed by atoms with E-state index in [2.05, 4.69) is 19.9 Å². The van der Waals surface area contributed by atoms with Crippen LogP contribution in [0.3, 0.4) is 0 Å². The first-order valence-corrected chi connectivity index (χ1v) is 13.7. The van der Waals surface area contributed by atoms with Crippen molar-refractivity contribution in [2.45, 2.75) is 36.6 Å². The van der Waals surface area contributed by atoms with Crippen molar-refractivity contribution in [3.8, 4) is 0 Å². The van der Waals surface area contributed by atoms with Gasteiger partial charge in [-0.15, -0.1) is 0 Å². The topological polar surface area (TPSA) is 112 Å². The molecule has 2 aliphatic rings. The zero-order valence-electron chi connectivity index (χ0n) is 20.0. The van der Waals surface area contributed by atoms with Crippen LogP contribution in [0.4, 0.5) is 5.82 Å². The first-order valence-electron chi connectivity index (χ1n) is 12.1. The highest BCUT2D eigenvalue weighted by molar-refractivity contribution is 7.91. The van der Waals surface area contributed by atoms with Gasteiger partial charge in [-0.25, -0.2) is 18.4 Å². The number of H-pyrrole nitrogens is 1. The third kappa shape index (κ3) is 4.05. The number of amides is 1. The van der Waals surface area contributed by atoms with Gasteiger partial charge in [-0.2, -0.15) is 0 Å². The summed E-state index contributed by atoms with van der Waals surface area (Å²) in [4.78, 5) is 29.8. The van der Waals surface area contributed by atoms with Gasteiger partial charge in [0.2, 0.25) is 0 Å². The Labute approximate surface area is 209 Å². The summed E-state index contributed by atoms with van der Waals surface area (Å²) < 4.78 is 31.1. The molecule has 1 spiro atoms. The van der Waals surface area contributed by atoms with Gasteiger partial charge in [0.05, 0.1) is 21.6 Å². The van der Waals surface area contributed by atoms with E-state index in [1.54, 1.807) is 24.5 Å². The van der Waals surface area contributed by atoms with Crippen LogP contribution in [0.25, 0.3) is 11.0 Å². The molecule has 10 heteroatoms. The number of rotatable bonds is 6. The Bertz CT molecular complexity index is 1540. The third-order valence-electron chi connectivity index (χ3n) is 7.23. The van der Waals surface area contributed by atoms with Gasteiger partial charge in [-0.05, 0) is 62.2 Å². The number of aromatic amines is 1. The predicted molar refractivity (Wildman–Crippen MR) is 135 cm³/mol. The number of nitrogens with zero attached hydrogens (tertiary/aromatic N) is 4. The van der Waals surface area contributed by atoms with E-state index in [4.69, 9.17) is 4.42 Å². The fourth-order valence-corrected chi connectivity index (χ4v) is 6.35. The van der Waals surface area contributed by atoms with Gasteiger partial charge >= 0.3 is 0 Å². The molecule has 0 atom stereocenters. The molecule has 1 saturated carbocycles. The molecule has 0 radical (unpaired) electrons. The summed E-state index contributed by atoms with van der Waals surface area (Å²) in [6.45, 7) is 3.80. The summed E-state index contributed by atoms with van der Waals surface area (Å²) in [5.74, 6) is 2.19. The Hall–Kier alpha value is -3.66. The standard InChI is InChI=1S/C26H27N5O4S/c1-18-2-5-20(35-18)9-15-36(33,34)21-6-3-19(4-7-21)25(32)31-14-13-30(16-26(31)10-11-26)24-22-8-12-27-23(22)28-17-29-24/h2-8,12,17H,9-11,13-16H2,1H3,(H,27,28,29). The second-order valence-electron chi connectivity index (χ2n) is 9.65. The summed E-state index contributed by atoms with van der Waals surface area (Å²) >= 11 is 0. The first-order chi connectivity index (χ1) is 17.3. The van der Waals surface area contributed by atoms with Crippen molar-refractivity contribution in [3.63, 3.8) is 0 Å². The van der Waals surface area contributed by atoms with Crippen molar-refractivity contribution in [3.05, 3.63) is 72.1 Å². The van der Waals surface area contributed by atoms with Crippen molar-refractivity contribution < 1.29 is 17.6 Å². The van der Waals surface area contributed by atoms with Gasteiger partial charge < -0.3 is 19.2 Å². The number of fused-ring (bicyclic) bond motifs is 1. The number of furan rings is 1. The fraction of sp³-hybridized carbons (Fsp3) is 0.346. The Morgan fingerprint density at radius 2 is 1.89 bits per heavy atom. The summed E-state index contributed by atoms with van der Waals surface area (Å²) in [5.41, 5.74) is 1.09. The van der Waals surface area contributed by atoms with E-state index in [9.17, 15) is 13.2 Å². The summed E-state index contributed by atoms with van der Waals surface area (Å²) in [7, 11) is -3.48. The van der Waals surface area contributed by atoms with E-state index >= 15 is 0 Å². The van der Waals surface area contributed by atoms with Crippen LogP contribution in [0.1, 0.15) is 34.7 Å². The van der Waals surface area contributed by atoms with Crippen molar-refractivity contribution in [2.24, 2.45) is 0 Å². The zero-order valence-corrected chi connectivity index (χ0v) is 20.8. The summed E-state index contributed by atoms with van der Waals surface area (Å²) in [6.07, 6.45) is 5.61. The van der Waals surface area contributed by atoms with Crippen LogP contribution in [-0.4, -0.2) is 65.1 Å². The van der Waals surface area contributed by atoms with Crippen molar-refractivity contribution in [1.29, 1.82) is 0 Å². The number of anilines is 1. The molecule has 2 fully saturated rings. The van der Waals surface area contributed by atoms with Crippen LogP contribution in [0.5, 0.6) is 0 Å². The first kappa shape index (κ1) is 22.8. The second-order valence-corrected chi connectivity index (χ2v) is 11.8. The summed E-state index contributed by atoms with van der Waals surface area (Å²) in [6, 6.07) is 11.9. The fourth-order valence-electron chi connectivity index (χ4n) is 5.09. The molecule has 6 rings (SSSR count). The molecule has 1 amide bonds. The maximum absolute atomic E-state index is 13.5. The quantitative estimate of drug-likeness (QED) is 0.428. The predicted octanol–water partition coefficient (Wildman–Crippen LogP) is 3.37. The normalized spacial score (nSPS) is 17.1. The number of carbonyl (C=O) groups excluding carboxylic acids is 1. The highest BCUT2D eigenvalue weighted by atomic mass is 32.2. The Balaban J connectivity index is 1.15. The van der Waals surface area contributed by atoms with E-state index in [-0.39, 0.29) is 22.1 Å². The lowest BCUT2D eigenvalue weighted by atomic mass is 10.1. The average molecular weight is 506 g/mol. The van der Waals surface area contributed by atoms with Crippen LogP contribution in [0, 0.1) is 6.92 Å². The van der Waals surface area contributed by atoms with E-state index in [0.717, 1.165) is 42.0 Å². The average Bonchev–Trinajstić information content (AvgIpc) is 3.27. The van der Waals surface area contributed by atoms with Crippen molar-refractivity contribution in [2.75, 3.05) is 30.3 Å². The van der Waals surface area contributed by atoms with Gasteiger partial charge in [0, 0.05) is 37.8 Å². The molecule has 186 valence electrons. The molecule has 36 heavy (non-hydrogen) atoms. The molecular weight excluding hydrogens is 478 g/mol. The second kappa shape index (κ2) is 8.48. The monoisotopic (exact) mass is 505 g/mol. The molecule has 1 aliphatic carbocycles. The Kier molecular flexibility index (Phi) is 5.36. The Morgan fingerprint density at radius 3 is 2.61 bits per heavy atom. The van der Waals surface area contributed by atoms with Crippen molar-refractivity contribution in [1.82, 2.24) is 19.9 Å². The van der Waals surface area contributed by atoms with Crippen LogP contribution in [0.2, 0.25) is 0 Å². The van der Waals surface area contributed by atoms with Gasteiger partial charge in [0.15, 0.2) is 9.84 Å². The van der Waals surface area contributed by atoms with Gasteiger partial charge in [-0.3, -0.25) is 4.79 Å². The SMILES string of the molecule is Cc1ccc(CCS(=O)(=O)c2ccc(C(=O)N3CCN(c4ncnc5[nH]ccc45)CC34CC4)cc2)o1. The van der Waals surface area contributed by atoms with Gasteiger partial charge in [0.25, 0.3) is 5.91 Å². The molecule has 0 bridgehead atoms. The molecule has 9 nitrogen and oxygen atoms in total. The molecule has 1 aromatic carbocycles. The van der Waals surface area contributed by atoms with Crippen LogP contribution < -0.4 is 4.90 Å². The molecule has 4 heterocycles. The molecule has 4 aromatic rings. The lowest BCUT2D eigenvalue weighted by Crippen LogP contribution is -2.57. The minimum absolute atomic E-state index is 0.0459. The number of benzene rings is 1. The van der Waals surface area contributed by atoms with E-state index < -0.39 is 9.84 Å². The number of aromatic nitrogens is 3. The molecule has 1 N–H and O–H groups in total. The van der Waals surface area contributed by atoms with Crippen LogP contribution >= 0.6 is 0 Å². The lowest BCUT2D eigenvalue weighted by Gasteiger charge is -2.42. The smallest absolute Gasteiger partial charge is 0.254 e. The third-order valence-corrected chi connectivity index (χ3v) is 8.96. The number of carbonyl (C=O) groups is 1. The molecule has 3 aromatic heterocycles. The number of nitrogens with one attached hydrogen (secondary N) is 1. The largest absolute Gasteiger partial charge is 0.466 e. The van der Waals surface area contributed by atoms with E-state index in [1.165, 1.54) is 12.1 Å². The molecule has 1 aliphatic heterocycles. The van der Waals surface area contributed by atoms with E-state index in [0.29, 0.717) is 30.8 Å². The minimum atomic E-state index is -3.48. The number of sulfone groups is 1. The maximum atomic E-state index is 13.5. The molecule has 1 saturated heterocycles. The minimum Gasteiger partial charge on any atom is -0.466 e. The van der Waals surface area contributed by atoms with Gasteiger partial charge in [0.1, 0.15) is 29.3 Å². The lowest BCUT2D eigenvalue weighted by molar-refractivity contribution is 0.0624. The number of piperazine rings is 1. The maximum Gasteiger partial charge on any atom is 0.254 e. The number of aryl methyl sites for hydroxylation is 2. The number of hydrogen-bond acceptors (Lipinski definition) is 7. The van der Waals surface area contributed by atoms with E-state index in [1.807, 2.05) is 30.2 Å². The summed E-state index contributed by atoms with van der Waals surface area (Å²) in [5, 5.41) is 0.979. The van der Waals surface area contributed by atoms with Crippen LogP contribution in [0.15, 0.2) is 64.3 Å².